The summed E-state index contributed by atoms with van der Waals surface area (Å²) >= 11 is 11.9. The topological polar surface area (TPSA) is 47.9 Å². The zero-order valence-electron chi connectivity index (χ0n) is 11.8. The normalized spacial score (nSPS) is 10.7. The van der Waals surface area contributed by atoms with Gasteiger partial charge in [0, 0.05) is 21.8 Å². The average Bonchev–Trinajstić information content (AvgIpc) is 2.48. The first-order valence-electron chi connectivity index (χ1n) is 6.52. The number of aliphatic imine (C=N–C) groups is 1. The van der Waals surface area contributed by atoms with E-state index in [-0.39, 0.29) is 6.61 Å². The lowest BCUT2D eigenvalue weighted by Gasteiger charge is -2.07. The summed E-state index contributed by atoms with van der Waals surface area (Å²) in [6, 6.07) is 11.9. The van der Waals surface area contributed by atoms with Gasteiger partial charge in [-0.15, -0.1) is 0 Å². The van der Waals surface area contributed by atoms with Gasteiger partial charge >= 0.3 is 6.16 Å². The molecule has 2 rings (SSSR count). The molecule has 0 N–H and O–H groups in total. The largest absolute Gasteiger partial charge is 0.513 e. The Morgan fingerprint density at radius 2 is 1.95 bits per heavy atom. The Morgan fingerprint density at radius 1 is 1.18 bits per heavy atom. The minimum Gasteiger partial charge on any atom is -0.434 e. The zero-order valence-corrected chi connectivity index (χ0v) is 13.3. The molecule has 0 aliphatic heterocycles. The molecule has 0 atom stereocenters. The molecule has 0 spiro atoms. The molecule has 0 saturated carbocycles. The monoisotopic (exact) mass is 337 g/mol. The summed E-state index contributed by atoms with van der Waals surface area (Å²) in [4.78, 5) is 15.7. The second-order valence-electron chi connectivity index (χ2n) is 4.21. The van der Waals surface area contributed by atoms with Gasteiger partial charge in [0.05, 0.1) is 12.3 Å². The number of carbonyl (C=O) groups excluding carboxylic acids is 1. The summed E-state index contributed by atoms with van der Waals surface area (Å²) in [6.07, 6.45) is 0.772. The number of hydrogen-bond acceptors (Lipinski definition) is 4. The summed E-state index contributed by atoms with van der Waals surface area (Å²) in [5, 5.41) is 1.09. The smallest absolute Gasteiger partial charge is 0.434 e. The molecule has 0 bridgehead atoms. The molecular weight excluding hydrogens is 325 g/mol. The van der Waals surface area contributed by atoms with E-state index in [1.807, 2.05) is 0 Å². The first-order chi connectivity index (χ1) is 10.6. The van der Waals surface area contributed by atoms with Crippen molar-refractivity contribution in [1.29, 1.82) is 0 Å². The van der Waals surface area contributed by atoms with Crippen LogP contribution in [0.4, 0.5) is 10.5 Å². The second-order valence-corrected chi connectivity index (χ2v) is 5.08. The highest BCUT2D eigenvalue weighted by atomic mass is 35.5. The maximum Gasteiger partial charge on any atom is 0.513 e. The summed E-state index contributed by atoms with van der Waals surface area (Å²) in [5.41, 5.74) is 1.23. The minimum atomic E-state index is -0.776. The summed E-state index contributed by atoms with van der Waals surface area (Å²) in [6.45, 7) is 1.93. The summed E-state index contributed by atoms with van der Waals surface area (Å²) < 4.78 is 9.87. The molecule has 4 nitrogen and oxygen atoms in total. The zero-order chi connectivity index (χ0) is 15.9. The fraction of sp³-hybridized carbons (Fsp3) is 0.125. The Morgan fingerprint density at radius 3 is 2.68 bits per heavy atom. The molecule has 2 aromatic rings. The van der Waals surface area contributed by atoms with E-state index in [1.165, 1.54) is 0 Å². The van der Waals surface area contributed by atoms with E-state index in [0.29, 0.717) is 27.0 Å². The minimum absolute atomic E-state index is 0.234. The number of halogens is 2. The molecule has 6 heteroatoms. The Kier molecular flexibility index (Phi) is 5.81. The van der Waals surface area contributed by atoms with Crippen molar-refractivity contribution >= 4 is 41.3 Å². The summed E-state index contributed by atoms with van der Waals surface area (Å²) in [7, 11) is 0. The van der Waals surface area contributed by atoms with Gasteiger partial charge in [-0.1, -0.05) is 29.3 Å². The maximum absolute atomic E-state index is 11.4. The average molecular weight is 338 g/mol. The molecule has 0 radical (unpaired) electrons. The van der Waals surface area contributed by atoms with Gasteiger partial charge in [0.2, 0.25) is 0 Å². The number of ether oxygens (including phenoxy) is 2. The van der Waals surface area contributed by atoms with Gasteiger partial charge in [0.15, 0.2) is 0 Å². The Labute approximate surface area is 138 Å². The molecular formula is C16H13Cl2NO3. The Bertz CT molecular complexity index is 702. The van der Waals surface area contributed by atoms with E-state index < -0.39 is 6.16 Å². The van der Waals surface area contributed by atoms with Crippen LogP contribution >= 0.6 is 23.2 Å². The van der Waals surface area contributed by atoms with Crippen molar-refractivity contribution < 1.29 is 14.3 Å². The molecule has 0 saturated heterocycles. The van der Waals surface area contributed by atoms with E-state index in [0.717, 1.165) is 0 Å². The van der Waals surface area contributed by atoms with E-state index in [1.54, 1.807) is 55.6 Å². The molecule has 0 amide bonds. The third kappa shape index (κ3) is 4.76. The molecule has 0 fully saturated rings. The molecule has 0 unspecified atom stereocenters. The lowest BCUT2D eigenvalue weighted by molar-refractivity contribution is 0.104. The van der Waals surface area contributed by atoms with Crippen LogP contribution in [0.1, 0.15) is 12.5 Å². The Balaban J connectivity index is 2.25. The quantitative estimate of drug-likeness (QED) is 0.433. The molecule has 114 valence electrons. The van der Waals surface area contributed by atoms with Gasteiger partial charge in [0.1, 0.15) is 5.75 Å². The molecule has 0 aliphatic carbocycles. The SMILES string of the molecule is CCOC(=O)Oc1ccc(Cl)cc1C=Nc1cccc(Cl)c1. The van der Waals surface area contributed by atoms with Crippen LogP contribution in [-0.2, 0) is 4.74 Å². The first kappa shape index (κ1) is 16.3. The van der Waals surface area contributed by atoms with Crippen molar-refractivity contribution in [3.05, 3.63) is 58.1 Å². The second kappa shape index (κ2) is 7.82. The number of nitrogens with zero attached hydrogens (tertiary/aromatic N) is 1. The maximum atomic E-state index is 11.4. The van der Waals surface area contributed by atoms with Crippen LogP contribution in [0.2, 0.25) is 10.0 Å². The number of benzene rings is 2. The van der Waals surface area contributed by atoms with Gasteiger partial charge in [-0.05, 0) is 43.3 Å². The third-order valence-corrected chi connectivity index (χ3v) is 3.06. The van der Waals surface area contributed by atoms with Gasteiger partial charge in [-0.25, -0.2) is 4.79 Å². The van der Waals surface area contributed by atoms with Gasteiger partial charge in [0.25, 0.3) is 0 Å². The van der Waals surface area contributed by atoms with Crippen LogP contribution in [0.25, 0.3) is 0 Å². The predicted molar refractivity (Wildman–Crippen MR) is 87.8 cm³/mol. The summed E-state index contributed by atoms with van der Waals surface area (Å²) in [5.74, 6) is 0.314. The molecule has 2 aromatic carbocycles. The van der Waals surface area contributed by atoms with Gasteiger partial charge in [-0.2, -0.15) is 0 Å². The van der Waals surface area contributed by atoms with Gasteiger partial charge < -0.3 is 9.47 Å². The molecule has 22 heavy (non-hydrogen) atoms. The fourth-order valence-corrected chi connectivity index (χ4v) is 2.02. The van der Waals surface area contributed by atoms with Crippen molar-refractivity contribution in [1.82, 2.24) is 0 Å². The van der Waals surface area contributed by atoms with Crippen LogP contribution in [0.3, 0.4) is 0 Å². The van der Waals surface area contributed by atoms with E-state index >= 15 is 0 Å². The van der Waals surface area contributed by atoms with Crippen molar-refractivity contribution in [2.75, 3.05) is 6.61 Å². The van der Waals surface area contributed by atoms with Gasteiger partial charge in [-0.3, -0.25) is 4.99 Å². The van der Waals surface area contributed by atoms with Crippen LogP contribution in [0.5, 0.6) is 5.75 Å². The van der Waals surface area contributed by atoms with Crippen molar-refractivity contribution in [3.8, 4) is 5.75 Å². The molecule has 0 aliphatic rings. The Hall–Kier alpha value is -2.04. The highest BCUT2D eigenvalue weighted by Crippen LogP contribution is 2.23. The van der Waals surface area contributed by atoms with Crippen molar-refractivity contribution in [2.45, 2.75) is 6.92 Å². The van der Waals surface area contributed by atoms with Crippen LogP contribution in [-0.4, -0.2) is 19.0 Å². The fourth-order valence-electron chi connectivity index (χ4n) is 1.65. The lowest BCUT2D eigenvalue weighted by Crippen LogP contribution is -2.11. The first-order valence-corrected chi connectivity index (χ1v) is 7.28. The molecule has 0 aromatic heterocycles. The predicted octanol–water partition coefficient (Wildman–Crippen LogP) is 5.28. The van der Waals surface area contributed by atoms with E-state index in [9.17, 15) is 4.79 Å². The standard InChI is InChI=1S/C16H13Cl2NO3/c1-2-21-16(20)22-15-7-6-13(18)8-11(15)10-19-14-5-3-4-12(17)9-14/h3-10H,2H2,1H3. The third-order valence-electron chi connectivity index (χ3n) is 2.59. The van der Waals surface area contributed by atoms with Crippen molar-refractivity contribution in [2.24, 2.45) is 4.99 Å². The highest BCUT2D eigenvalue weighted by molar-refractivity contribution is 6.31. The van der Waals surface area contributed by atoms with Crippen LogP contribution in [0, 0.1) is 0 Å². The van der Waals surface area contributed by atoms with Crippen molar-refractivity contribution in [3.63, 3.8) is 0 Å². The van der Waals surface area contributed by atoms with E-state index in [2.05, 4.69) is 4.99 Å². The number of carbonyl (C=O) groups is 1. The number of rotatable bonds is 4. The highest BCUT2D eigenvalue weighted by Gasteiger charge is 2.09. The number of hydrogen-bond donors (Lipinski definition) is 0. The van der Waals surface area contributed by atoms with Crippen LogP contribution in [0.15, 0.2) is 47.5 Å². The van der Waals surface area contributed by atoms with Crippen LogP contribution < -0.4 is 4.74 Å². The van der Waals surface area contributed by atoms with E-state index in [4.69, 9.17) is 32.7 Å². The lowest BCUT2D eigenvalue weighted by atomic mass is 10.2. The molecule has 0 heterocycles.